The first kappa shape index (κ1) is 17.9. The van der Waals surface area contributed by atoms with Crippen LogP contribution in [0, 0.1) is 5.92 Å². The fourth-order valence-electron chi connectivity index (χ4n) is 1.50. The van der Waals surface area contributed by atoms with E-state index in [4.69, 9.17) is 14.6 Å². The Labute approximate surface area is 114 Å². The Morgan fingerprint density at radius 3 is 2.42 bits per heavy atom. The molecule has 0 bridgehead atoms. The smallest absolute Gasteiger partial charge is 0.307 e. The standard InChI is InChI=1S/C13H25NO5/c1-4-19-12(16)5-6-14(13(17)11(2)3)7-9-18-10-8-15/h11,15H,4-10H2,1-3H3. The van der Waals surface area contributed by atoms with Gasteiger partial charge in [-0.25, -0.2) is 0 Å². The van der Waals surface area contributed by atoms with E-state index in [0.29, 0.717) is 26.3 Å². The first-order chi connectivity index (χ1) is 9.02. The Bertz CT molecular complexity index is 268. The minimum absolute atomic E-state index is 0.0168. The lowest BCUT2D eigenvalue weighted by atomic mass is 10.2. The van der Waals surface area contributed by atoms with E-state index >= 15 is 0 Å². The molecule has 0 aliphatic carbocycles. The van der Waals surface area contributed by atoms with Crippen LogP contribution in [0.4, 0.5) is 0 Å². The Kier molecular flexibility index (Phi) is 10.1. The van der Waals surface area contributed by atoms with E-state index in [1.165, 1.54) is 0 Å². The highest BCUT2D eigenvalue weighted by Crippen LogP contribution is 2.03. The summed E-state index contributed by atoms with van der Waals surface area (Å²) in [5.74, 6) is -0.447. The van der Waals surface area contributed by atoms with Gasteiger partial charge in [-0.15, -0.1) is 0 Å². The van der Waals surface area contributed by atoms with Gasteiger partial charge in [0.25, 0.3) is 0 Å². The summed E-state index contributed by atoms with van der Waals surface area (Å²) in [5.41, 5.74) is 0. The van der Waals surface area contributed by atoms with E-state index in [9.17, 15) is 9.59 Å². The summed E-state index contributed by atoms with van der Waals surface area (Å²) in [6, 6.07) is 0. The van der Waals surface area contributed by atoms with Gasteiger partial charge in [0.2, 0.25) is 5.91 Å². The van der Waals surface area contributed by atoms with Crippen LogP contribution in [0.2, 0.25) is 0 Å². The fourth-order valence-corrected chi connectivity index (χ4v) is 1.50. The van der Waals surface area contributed by atoms with Crippen LogP contribution in [-0.4, -0.2) is 61.4 Å². The molecule has 112 valence electrons. The second-order valence-corrected chi connectivity index (χ2v) is 4.37. The number of amides is 1. The molecule has 0 rings (SSSR count). The van der Waals surface area contributed by atoms with Gasteiger partial charge in [-0.2, -0.15) is 0 Å². The van der Waals surface area contributed by atoms with Crippen molar-refractivity contribution in [2.45, 2.75) is 27.2 Å². The summed E-state index contributed by atoms with van der Waals surface area (Å²) in [5, 5.41) is 8.60. The molecule has 0 fully saturated rings. The van der Waals surface area contributed by atoms with Gasteiger partial charge in [-0.3, -0.25) is 9.59 Å². The van der Waals surface area contributed by atoms with Gasteiger partial charge < -0.3 is 19.5 Å². The van der Waals surface area contributed by atoms with Crippen LogP contribution in [0.1, 0.15) is 27.2 Å². The molecule has 0 heterocycles. The number of carbonyl (C=O) groups excluding carboxylic acids is 2. The van der Waals surface area contributed by atoms with E-state index in [-0.39, 0.29) is 37.4 Å². The zero-order valence-electron chi connectivity index (χ0n) is 12.1. The van der Waals surface area contributed by atoms with Crippen molar-refractivity contribution >= 4 is 11.9 Å². The van der Waals surface area contributed by atoms with Crippen LogP contribution in [0.5, 0.6) is 0 Å². The summed E-state index contributed by atoms with van der Waals surface area (Å²) in [6.45, 7) is 7.02. The third kappa shape index (κ3) is 8.56. The molecule has 0 saturated carbocycles. The van der Waals surface area contributed by atoms with Crippen molar-refractivity contribution in [2.24, 2.45) is 5.92 Å². The summed E-state index contributed by atoms with van der Waals surface area (Å²) >= 11 is 0. The van der Waals surface area contributed by atoms with Crippen molar-refractivity contribution in [1.29, 1.82) is 0 Å². The van der Waals surface area contributed by atoms with Crippen LogP contribution in [0.15, 0.2) is 0 Å². The minimum atomic E-state index is -0.305. The lowest BCUT2D eigenvalue weighted by Gasteiger charge is -2.24. The van der Waals surface area contributed by atoms with Gasteiger partial charge >= 0.3 is 5.97 Å². The van der Waals surface area contributed by atoms with Gasteiger partial charge in [-0.05, 0) is 6.92 Å². The van der Waals surface area contributed by atoms with Crippen LogP contribution in [0.3, 0.4) is 0 Å². The number of esters is 1. The Morgan fingerprint density at radius 1 is 1.21 bits per heavy atom. The maximum absolute atomic E-state index is 11.9. The van der Waals surface area contributed by atoms with Crippen molar-refractivity contribution in [3.8, 4) is 0 Å². The monoisotopic (exact) mass is 275 g/mol. The van der Waals surface area contributed by atoms with Gasteiger partial charge in [-0.1, -0.05) is 13.8 Å². The summed E-state index contributed by atoms with van der Waals surface area (Å²) in [4.78, 5) is 24.8. The van der Waals surface area contributed by atoms with Gasteiger partial charge in [0.05, 0.1) is 32.8 Å². The SMILES string of the molecule is CCOC(=O)CCN(CCOCCO)C(=O)C(C)C. The molecular weight excluding hydrogens is 250 g/mol. The van der Waals surface area contributed by atoms with E-state index < -0.39 is 0 Å². The Hall–Kier alpha value is -1.14. The van der Waals surface area contributed by atoms with Crippen LogP contribution >= 0.6 is 0 Å². The average Bonchev–Trinajstić information content (AvgIpc) is 2.37. The maximum Gasteiger partial charge on any atom is 0.307 e. The zero-order chi connectivity index (χ0) is 14.7. The summed E-state index contributed by atoms with van der Waals surface area (Å²) < 4.78 is 9.97. The molecule has 19 heavy (non-hydrogen) atoms. The molecule has 0 aliphatic rings. The van der Waals surface area contributed by atoms with E-state index in [1.54, 1.807) is 11.8 Å². The van der Waals surface area contributed by atoms with Gasteiger partial charge in [0.1, 0.15) is 0 Å². The molecule has 1 N–H and O–H groups in total. The molecule has 0 saturated heterocycles. The van der Waals surface area contributed by atoms with E-state index in [0.717, 1.165) is 0 Å². The van der Waals surface area contributed by atoms with Crippen molar-refractivity contribution in [2.75, 3.05) is 39.5 Å². The maximum atomic E-state index is 11.9. The van der Waals surface area contributed by atoms with Crippen LogP contribution in [0.25, 0.3) is 0 Å². The zero-order valence-corrected chi connectivity index (χ0v) is 12.1. The normalized spacial score (nSPS) is 10.6. The number of hydrogen-bond donors (Lipinski definition) is 1. The number of carbonyl (C=O) groups is 2. The number of ether oxygens (including phenoxy) is 2. The largest absolute Gasteiger partial charge is 0.466 e. The number of nitrogens with zero attached hydrogens (tertiary/aromatic N) is 1. The summed E-state index contributed by atoms with van der Waals surface area (Å²) in [6.07, 6.45) is 0.187. The number of aliphatic hydroxyl groups is 1. The molecule has 0 unspecified atom stereocenters. The lowest BCUT2D eigenvalue weighted by Crippen LogP contribution is -2.38. The topological polar surface area (TPSA) is 76.1 Å². The second-order valence-electron chi connectivity index (χ2n) is 4.37. The molecule has 6 heteroatoms. The first-order valence-corrected chi connectivity index (χ1v) is 6.65. The predicted octanol–water partition coefficient (Wildman–Crippen LogP) is 0.433. The molecule has 0 aliphatic heterocycles. The van der Waals surface area contributed by atoms with Crippen LogP contribution < -0.4 is 0 Å². The van der Waals surface area contributed by atoms with Crippen molar-refractivity contribution < 1.29 is 24.2 Å². The van der Waals surface area contributed by atoms with Gasteiger partial charge in [0.15, 0.2) is 0 Å². The molecule has 0 aromatic carbocycles. The second kappa shape index (κ2) is 10.8. The van der Waals surface area contributed by atoms with E-state index in [2.05, 4.69) is 0 Å². The predicted molar refractivity (Wildman–Crippen MR) is 70.6 cm³/mol. The average molecular weight is 275 g/mol. The highest BCUT2D eigenvalue weighted by Gasteiger charge is 2.18. The molecule has 0 atom stereocenters. The quantitative estimate of drug-likeness (QED) is 0.462. The molecule has 0 aromatic heterocycles. The highest BCUT2D eigenvalue weighted by molar-refractivity contribution is 5.79. The molecule has 6 nitrogen and oxygen atoms in total. The Morgan fingerprint density at radius 2 is 1.89 bits per heavy atom. The third-order valence-corrected chi connectivity index (χ3v) is 2.44. The molecule has 1 amide bonds. The number of rotatable bonds is 10. The first-order valence-electron chi connectivity index (χ1n) is 6.65. The third-order valence-electron chi connectivity index (χ3n) is 2.44. The van der Waals surface area contributed by atoms with E-state index in [1.807, 2.05) is 13.8 Å². The lowest BCUT2D eigenvalue weighted by molar-refractivity contribution is -0.144. The summed E-state index contributed by atoms with van der Waals surface area (Å²) in [7, 11) is 0. The molecule has 0 aromatic rings. The van der Waals surface area contributed by atoms with Crippen molar-refractivity contribution in [3.05, 3.63) is 0 Å². The number of hydrogen-bond acceptors (Lipinski definition) is 5. The van der Waals surface area contributed by atoms with Gasteiger partial charge in [0, 0.05) is 19.0 Å². The molecule has 0 spiro atoms. The fraction of sp³-hybridized carbons (Fsp3) is 0.846. The number of aliphatic hydroxyl groups excluding tert-OH is 1. The molecular formula is C13H25NO5. The minimum Gasteiger partial charge on any atom is -0.466 e. The van der Waals surface area contributed by atoms with Crippen LogP contribution in [-0.2, 0) is 19.1 Å². The Balaban J connectivity index is 4.18. The highest BCUT2D eigenvalue weighted by atomic mass is 16.5. The van der Waals surface area contributed by atoms with Crippen molar-refractivity contribution in [3.63, 3.8) is 0 Å². The molecule has 0 radical (unpaired) electrons. The van der Waals surface area contributed by atoms with Crippen molar-refractivity contribution in [1.82, 2.24) is 4.90 Å².